The molecular weight excluding hydrogens is 226 g/mol. The van der Waals surface area contributed by atoms with Gasteiger partial charge in [0.15, 0.2) is 5.65 Å². The summed E-state index contributed by atoms with van der Waals surface area (Å²) >= 11 is 0. The Labute approximate surface area is 105 Å². The van der Waals surface area contributed by atoms with Crippen LogP contribution in [-0.4, -0.2) is 19.7 Å². The summed E-state index contributed by atoms with van der Waals surface area (Å²) in [5.74, 6) is 1.12. The maximum atomic E-state index is 9.77. The number of rotatable bonds is 2. The Bertz CT molecular complexity index is 703. The van der Waals surface area contributed by atoms with Crippen LogP contribution in [0.25, 0.3) is 5.65 Å². The number of pyridine rings is 1. The van der Waals surface area contributed by atoms with Gasteiger partial charge in [-0.05, 0) is 30.7 Å². The van der Waals surface area contributed by atoms with Crippen molar-refractivity contribution in [3.8, 4) is 5.75 Å². The van der Waals surface area contributed by atoms with Crippen molar-refractivity contribution in [3.05, 3.63) is 59.5 Å². The number of fused-ring (bicyclic) bond motifs is 1. The average molecular weight is 239 g/mol. The van der Waals surface area contributed by atoms with Gasteiger partial charge >= 0.3 is 0 Å². The number of aromatic nitrogens is 3. The van der Waals surface area contributed by atoms with Crippen molar-refractivity contribution in [1.29, 1.82) is 0 Å². The molecule has 0 amide bonds. The second-order valence-electron chi connectivity index (χ2n) is 4.35. The number of aryl methyl sites for hydroxylation is 1. The van der Waals surface area contributed by atoms with Gasteiger partial charge in [0, 0.05) is 18.2 Å². The molecular formula is C14H13N3O. The van der Waals surface area contributed by atoms with Crippen LogP contribution in [0.2, 0.25) is 0 Å². The number of phenolic OH excluding ortho intramolecular Hbond substituents is 1. The second-order valence-corrected chi connectivity index (χ2v) is 4.35. The van der Waals surface area contributed by atoms with Crippen molar-refractivity contribution < 1.29 is 5.11 Å². The summed E-state index contributed by atoms with van der Waals surface area (Å²) in [7, 11) is 0. The van der Waals surface area contributed by atoms with Crippen LogP contribution in [0.3, 0.4) is 0 Å². The predicted molar refractivity (Wildman–Crippen MR) is 68.6 cm³/mol. The molecule has 0 atom stereocenters. The molecule has 4 nitrogen and oxygen atoms in total. The fourth-order valence-electron chi connectivity index (χ4n) is 1.99. The molecule has 3 aromatic rings. The first-order valence-corrected chi connectivity index (χ1v) is 5.81. The van der Waals surface area contributed by atoms with Gasteiger partial charge in [-0.25, -0.2) is 0 Å². The molecule has 4 heteroatoms. The fraction of sp³-hybridized carbons (Fsp3) is 0.143. The van der Waals surface area contributed by atoms with Crippen LogP contribution in [0.4, 0.5) is 0 Å². The molecule has 0 unspecified atom stereocenters. The Morgan fingerprint density at radius 2 is 2.00 bits per heavy atom. The van der Waals surface area contributed by atoms with E-state index in [-0.39, 0.29) is 0 Å². The van der Waals surface area contributed by atoms with Crippen molar-refractivity contribution in [1.82, 2.24) is 14.6 Å². The molecule has 0 bridgehead atoms. The summed E-state index contributed by atoms with van der Waals surface area (Å²) in [6.07, 6.45) is 2.52. The number of hydrogen-bond donors (Lipinski definition) is 1. The van der Waals surface area contributed by atoms with Gasteiger partial charge in [0.05, 0.1) is 0 Å². The van der Waals surface area contributed by atoms with Crippen molar-refractivity contribution in [3.63, 3.8) is 0 Å². The standard InChI is InChI=1S/C14H13N3O/c1-10-6-7-17-13(8-10)15-16-14(17)9-11-4-2-3-5-12(11)18/h2-8,18H,9H2,1H3. The lowest BCUT2D eigenvalue weighted by atomic mass is 10.1. The summed E-state index contributed by atoms with van der Waals surface area (Å²) in [5, 5.41) is 18.1. The van der Waals surface area contributed by atoms with Gasteiger partial charge in [0.1, 0.15) is 11.6 Å². The van der Waals surface area contributed by atoms with Crippen molar-refractivity contribution in [2.24, 2.45) is 0 Å². The van der Waals surface area contributed by atoms with E-state index in [1.54, 1.807) is 6.07 Å². The monoisotopic (exact) mass is 239 g/mol. The SMILES string of the molecule is Cc1ccn2c(Cc3ccccc3O)nnc2c1. The van der Waals surface area contributed by atoms with Crippen LogP contribution in [-0.2, 0) is 6.42 Å². The summed E-state index contributed by atoms with van der Waals surface area (Å²) in [4.78, 5) is 0. The zero-order valence-corrected chi connectivity index (χ0v) is 10.0. The van der Waals surface area contributed by atoms with Crippen LogP contribution >= 0.6 is 0 Å². The topological polar surface area (TPSA) is 50.4 Å². The molecule has 3 rings (SSSR count). The third-order valence-corrected chi connectivity index (χ3v) is 2.98. The highest BCUT2D eigenvalue weighted by molar-refractivity contribution is 5.42. The van der Waals surface area contributed by atoms with E-state index in [1.807, 2.05) is 47.9 Å². The van der Waals surface area contributed by atoms with E-state index in [0.29, 0.717) is 12.2 Å². The summed E-state index contributed by atoms with van der Waals surface area (Å²) in [6, 6.07) is 11.3. The number of hydrogen-bond acceptors (Lipinski definition) is 3. The molecule has 0 aliphatic heterocycles. The lowest BCUT2D eigenvalue weighted by molar-refractivity contribution is 0.469. The molecule has 0 saturated carbocycles. The van der Waals surface area contributed by atoms with E-state index in [1.165, 1.54) is 0 Å². The molecule has 0 aliphatic carbocycles. The molecule has 0 saturated heterocycles. The number of para-hydroxylation sites is 1. The van der Waals surface area contributed by atoms with Crippen LogP contribution in [0, 0.1) is 6.92 Å². The Morgan fingerprint density at radius 3 is 2.83 bits per heavy atom. The smallest absolute Gasteiger partial charge is 0.161 e. The first-order chi connectivity index (χ1) is 8.74. The highest BCUT2D eigenvalue weighted by atomic mass is 16.3. The largest absolute Gasteiger partial charge is 0.508 e. The maximum Gasteiger partial charge on any atom is 0.161 e. The lowest BCUT2D eigenvalue weighted by Gasteiger charge is -2.03. The zero-order chi connectivity index (χ0) is 12.5. The van der Waals surface area contributed by atoms with Gasteiger partial charge in [-0.1, -0.05) is 18.2 Å². The molecule has 0 spiro atoms. The first kappa shape index (κ1) is 10.8. The average Bonchev–Trinajstić information content (AvgIpc) is 2.74. The first-order valence-electron chi connectivity index (χ1n) is 5.81. The maximum absolute atomic E-state index is 9.77. The van der Waals surface area contributed by atoms with E-state index >= 15 is 0 Å². The Kier molecular flexibility index (Phi) is 2.48. The molecule has 2 heterocycles. The quantitative estimate of drug-likeness (QED) is 0.746. The Hall–Kier alpha value is -2.36. The van der Waals surface area contributed by atoms with E-state index in [4.69, 9.17) is 0 Å². The Morgan fingerprint density at radius 1 is 1.17 bits per heavy atom. The second kappa shape index (κ2) is 4.14. The van der Waals surface area contributed by atoms with E-state index in [9.17, 15) is 5.11 Å². The minimum atomic E-state index is 0.293. The van der Waals surface area contributed by atoms with Crippen LogP contribution in [0.5, 0.6) is 5.75 Å². The van der Waals surface area contributed by atoms with Crippen molar-refractivity contribution in [2.75, 3.05) is 0 Å². The molecule has 0 radical (unpaired) electrons. The third-order valence-electron chi connectivity index (χ3n) is 2.98. The van der Waals surface area contributed by atoms with Crippen LogP contribution in [0.1, 0.15) is 17.0 Å². The van der Waals surface area contributed by atoms with Crippen molar-refractivity contribution >= 4 is 5.65 Å². The minimum absolute atomic E-state index is 0.293. The van der Waals surface area contributed by atoms with Gasteiger partial charge in [-0.3, -0.25) is 4.40 Å². The predicted octanol–water partition coefficient (Wildman–Crippen LogP) is 2.33. The van der Waals surface area contributed by atoms with E-state index in [0.717, 1.165) is 22.6 Å². The van der Waals surface area contributed by atoms with Gasteiger partial charge in [0.2, 0.25) is 0 Å². The molecule has 90 valence electrons. The summed E-state index contributed by atoms with van der Waals surface area (Å²) in [5.41, 5.74) is 2.84. The fourth-order valence-corrected chi connectivity index (χ4v) is 1.99. The summed E-state index contributed by atoms with van der Waals surface area (Å²) in [6.45, 7) is 2.03. The zero-order valence-electron chi connectivity index (χ0n) is 10.0. The van der Waals surface area contributed by atoms with E-state index < -0.39 is 0 Å². The molecule has 0 fully saturated rings. The number of nitrogens with zero attached hydrogens (tertiary/aromatic N) is 3. The van der Waals surface area contributed by atoms with E-state index in [2.05, 4.69) is 10.2 Å². The highest BCUT2D eigenvalue weighted by Crippen LogP contribution is 2.19. The number of aromatic hydroxyl groups is 1. The lowest BCUT2D eigenvalue weighted by Crippen LogP contribution is -1.96. The van der Waals surface area contributed by atoms with Gasteiger partial charge in [-0.15, -0.1) is 10.2 Å². The molecule has 18 heavy (non-hydrogen) atoms. The van der Waals surface area contributed by atoms with Crippen LogP contribution in [0.15, 0.2) is 42.6 Å². The molecule has 2 aromatic heterocycles. The van der Waals surface area contributed by atoms with Gasteiger partial charge in [0.25, 0.3) is 0 Å². The van der Waals surface area contributed by atoms with Gasteiger partial charge < -0.3 is 5.11 Å². The van der Waals surface area contributed by atoms with Gasteiger partial charge in [-0.2, -0.15) is 0 Å². The minimum Gasteiger partial charge on any atom is -0.508 e. The molecule has 1 N–H and O–H groups in total. The summed E-state index contributed by atoms with van der Waals surface area (Å²) < 4.78 is 1.94. The van der Waals surface area contributed by atoms with Crippen LogP contribution < -0.4 is 0 Å². The number of phenols is 1. The Balaban J connectivity index is 2.03. The van der Waals surface area contributed by atoms with Crippen molar-refractivity contribution in [2.45, 2.75) is 13.3 Å². The molecule has 0 aliphatic rings. The normalized spacial score (nSPS) is 10.9. The highest BCUT2D eigenvalue weighted by Gasteiger charge is 2.08. The number of benzene rings is 1. The third kappa shape index (κ3) is 1.82. The molecule has 1 aromatic carbocycles.